The highest BCUT2D eigenvalue weighted by Crippen LogP contribution is 2.31. The summed E-state index contributed by atoms with van der Waals surface area (Å²) in [5.41, 5.74) is 4.29. The van der Waals surface area contributed by atoms with Crippen LogP contribution in [-0.2, 0) is 11.3 Å². The lowest BCUT2D eigenvalue weighted by Gasteiger charge is -2.23. The maximum absolute atomic E-state index is 6.05. The van der Waals surface area contributed by atoms with Crippen molar-refractivity contribution < 1.29 is 4.74 Å². The second-order valence-corrected chi connectivity index (χ2v) is 6.66. The topological polar surface area (TPSA) is 43.2 Å². The minimum atomic E-state index is -0.198. The van der Waals surface area contributed by atoms with Crippen molar-refractivity contribution >= 4 is 17.3 Å². The van der Waals surface area contributed by atoms with Crippen molar-refractivity contribution in [3.63, 3.8) is 0 Å². The van der Waals surface area contributed by atoms with Gasteiger partial charge in [0.2, 0.25) is 0 Å². The average Bonchev–Trinajstić information content (AvgIpc) is 3.24. The maximum Gasteiger partial charge on any atom is 0.177 e. The van der Waals surface area contributed by atoms with Crippen LogP contribution >= 0.6 is 11.6 Å². The molecule has 25 heavy (non-hydrogen) atoms. The highest BCUT2D eigenvalue weighted by Gasteiger charge is 2.29. The molecule has 1 aromatic heterocycles. The number of aromatic nitrogens is 3. The molecule has 1 fully saturated rings. The van der Waals surface area contributed by atoms with Gasteiger partial charge < -0.3 is 9.64 Å². The molecule has 0 N–H and O–H groups in total. The van der Waals surface area contributed by atoms with E-state index < -0.39 is 0 Å². The predicted octanol–water partition coefficient (Wildman–Crippen LogP) is 3.82. The van der Waals surface area contributed by atoms with Gasteiger partial charge in [-0.1, -0.05) is 46.6 Å². The third kappa shape index (κ3) is 3.52. The van der Waals surface area contributed by atoms with Crippen LogP contribution in [0.1, 0.15) is 23.0 Å². The molecule has 0 saturated carbocycles. The average molecular weight is 355 g/mol. The van der Waals surface area contributed by atoms with Crippen LogP contribution in [0.4, 0.5) is 5.69 Å². The highest BCUT2D eigenvalue weighted by molar-refractivity contribution is 6.30. The number of hydrogen-bond donors (Lipinski definition) is 0. The zero-order valence-corrected chi connectivity index (χ0v) is 14.7. The van der Waals surface area contributed by atoms with E-state index in [9.17, 15) is 0 Å². The minimum absolute atomic E-state index is 0.198. The molecule has 3 aromatic rings. The Kier molecular flexibility index (Phi) is 4.42. The monoisotopic (exact) mass is 354 g/mol. The molecule has 4 rings (SSSR count). The predicted molar refractivity (Wildman–Crippen MR) is 97.8 cm³/mol. The number of hydrogen-bond acceptors (Lipinski definition) is 4. The fourth-order valence-electron chi connectivity index (χ4n) is 3.04. The SMILES string of the molecule is Cc1ccc(N2CCO[C@@H]2c2cn(Cc3cccc(Cl)c3)nn2)cc1. The van der Waals surface area contributed by atoms with Crippen LogP contribution in [0.3, 0.4) is 0 Å². The van der Waals surface area contributed by atoms with Gasteiger partial charge in [0.1, 0.15) is 5.69 Å². The molecule has 2 heterocycles. The molecule has 0 aliphatic carbocycles. The first kappa shape index (κ1) is 16.1. The molecule has 6 heteroatoms. The molecule has 0 radical (unpaired) electrons. The quantitative estimate of drug-likeness (QED) is 0.714. The van der Waals surface area contributed by atoms with Gasteiger partial charge in [-0.3, -0.25) is 0 Å². The van der Waals surface area contributed by atoms with Crippen LogP contribution in [-0.4, -0.2) is 28.1 Å². The molecule has 1 atom stereocenters. The Hall–Kier alpha value is -2.37. The van der Waals surface area contributed by atoms with Gasteiger partial charge in [0.25, 0.3) is 0 Å². The summed E-state index contributed by atoms with van der Waals surface area (Å²) in [6.45, 7) is 4.24. The Morgan fingerprint density at radius 1 is 1.20 bits per heavy atom. The van der Waals surface area contributed by atoms with E-state index in [2.05, 4.69) is 46.4 Å². The van der Waals surface area contributed by atoms with Crippen molar-refractivity contribution in [3.05, 3.63) is 76.6 Å². The Labute approximate surface area is 151 Å². The molecule has 0 unspecified atom stereocenters. The lowest BCUT2D eigenvalue weighted by molar-refractivity contribution is 0.110. The molecular weight excluding hydrogens is 336 g/mol. The van der Waals surface area contributed by atoms with Gasteiger partial charge in [-0.05, 0) is 36.8 Å². The molecule has 0 amide bonds. The maximum atomic E-state index is 6.05. The van der Waals surface area contributed by atoms with Gasteiger partial charge in [-0.25, -0.2) is 4.68 Å². The van der Waals surface area contributed by atoms with Crippen molar-refractivity contribution in [1.82, 2.24) is 15.0 Å². The molecule has 5 nitrogen and oxygen atoms in total. The summed E-state index contributed by atoms with van der Waals surface area (Å²) in [6, 6.07) is 16.2. The minimum Gasteiger partial charge on any atom is -0.350 e. The zero-order valence-electron chi connectivity index (χ0n) is 14.0. The summed E-state index contributed by atoms with van der Waals surface area (Å²) >= 11 is 6.05. The van der Waals surface area contributed by atoms with Gasteiger partial charge in [0, 0.05) is 17.3 Å². The summed E-state index contributed by atoms with van der Waals surface area (Å²) in [6.07, 6.45) is 1.74. The van der Waals surface area contributed by atoms with E-state index in [1.54, 1.807) is 0 Å². The molecule has 0 spiro atoms. The van der Waals surface area contributed by atoms with Crippen molar-refractivity contribution in [1.29, 1.82) is 0 Å². The largest absolute Gasteiger partial charge is 0.350 e. The molecule has 0 bridgehead atoms. The number of aryl methyl sites for hydroxylation is 1. The second-order valence-electron chi connectivity index (χ2n) is 6.22. The van der Waals surface area contributed by atoms with Gasteiger partial charge >= 0.3 is 0 Å². The molecule has 1 aliphatic heterocycles. The van der Waals surface area contributed by atoms with E-state index >= 15 is 0 Å². The van der Waals surface area contributed by atoms with E-state index in [0.717, 1.165) is 28.5 Å². The lowest BCUT2D eigenvalue weighted by atomic mass is 10.2. The van der Waals surface area contributed by atoms with E-state index in [4.69, 9.17) is 16.3 Å². The second kappa shape index (κ2) is 6.86. The first-order valence-corrected chi connectivity index (χ1v) is 8.66. The summed E-state index contributed by atoms with van der Waals surface area (Å²) in [5.74, 6) is 0. The zero-order chi connectivity index (χ0) is 17.2. The van der Waals surface area contributed by atoms with Crippen LogP contribution in [0.25, 0.3) is 0 Å². The van der Waals surface area contributed by atoms with E-state index in [1.807, 2.05) is 35.1 Å². The van der Waals surface area contributed by atoms with Gasteiger partial charge in [0.15, 0.2) is 6.23 Å². The van der Waals surface area contributed by atoms with Crippen LogP contribution < -0.4 is 4.90 Å². The standard InChI is InChI=1S/C19H19ClN4O/c1-14-5-7-17(8-6-14)24-9-10-25-19(24)18-13-23(22-21-18)12-15-3-2-4-16(20)11-15/h2-8,11,13,19H,9-10,12H2,1H3/t19-/m1/s1. The number of benzene rings is 2. The van der Waals surface area contributed by atoms with E-state index in [1.165, 1.54) is 5.56 Å². The summed E-state index contributed by atoms with van der Waals surface area (Å²) in [7, 11) is 0. The smallest absolute Gasteiger partial charge is 0.177 e. The first-order valence-electron chi connectivity index (χ1n) is 8.28. The third-order valence-electron chi connectivity index (χ3n) is 4.30. The van der Waals surface area contributed by atoms with Crippen molar-refractivity contribution in [2.24, 2.45) is 0 Å². The highest BCUT2D eigenvalue weighted by atomic mass is 35.5. The summed E-state index contributed by atoms with van der Waals surface area (Å²) in [4.78, 5) is 2.22. The van der Waals surface area contributed by atoms with E-state index in [0.29, 0.717) is 13.2 Å². The van der Waals surface area contributed by atoms with Gasteiger partial charge in [-0.2, -0.15) is 0 Å². The van der Waals surface area contributed by atoms with Crippen LogP contribution in [0.5, 0.6) is 0 Å². The molecule has 1 saturated heterocycles. The Morgan fingerprint density at radius 3 is 2.84 bits per heavy atom. The number of nitrogens with zero attached hydrogens (tertiary/aromatic N) is 4. The van der Waals surface area contributed by atoms with Gasteiger partial charge in [0.05, 0.1) is 19.3 Å². The Morgan fingerprint density at radius 2 is 2.04 bits per heavy atom. The summed E-state index contributed by atoms with van der Waals surface area (Å²) < 4.78 is 7.72. The van der Waals surface area contributed by atoms with Crippen molar-refractivity contribution in [2.75, 3.05) is 18.1 Å². The fourth-order valence-corrected chi connectivity index (χ4v) is 3.25. The molecular formula is C19H19ClN4O. The fraction of sp³-hybridized carbons (Fsp3) is 0.263. The lowest BCUT2D eigenvalue weighted by Crippen LogP contribution is -2.23. The molecule has 1 aliphatic rings. The van der Waals surface area contributed by atoms with Crippen LogP contribution in [0.2, 0.25) is 5.02 Å². The number of anilines is 1. The van der Waals surface area contributed by atoms with Gasteiger partial charge in [-0.15, -0.1) is 5.10 Å². The van der Waals surface area contributed by atoms with Crippen molar-refractivity contribution in [2.45, 2.75) is 19.7 Å². The third-order valence-corrected chi connectivity index (χ3v) is 4.53. The van der Waals surface area contributed by atoms with E-state index in [-0.39, 0.29) is 6.23 Å². The first-order chi connectivity index (χ1) is 12.2. The van der Waals surface area contributed by atoms with Crippen LogP contribution in [0.15, 0.2) is 54.7 Å². The van der Waals surface area contributed by atoms with Crippen LogP contribution in [0, 0.1) is 6.92 Å². The van der Waals surface area contributed by atoms with Crippen molar-refractivity contribution in [3.8, 4) is 0 Å². The number of halogens is 1. The molecule has 128 valence electrons. The Balaban J connectivity index is 1.53. The Bertz CT molecular complexity index is 862. The molecule has 2 aromatic carbocycles. The summed E-state index contributed by atoms with van der Waals surface area (Å²) in [5, 5.41) is 9.29. The number of ether oxygens (including phenoxy) is 1. The normalized spacial score (nSPS) is 17.2. The number of rotatable bonds is 4.